The molecule has 24 heavy (non-hydrogen) atoms. The van der Waals surface area contributed by atoms with Crippen molar-refractivity contribution in [3.63, 3.8) is 0 Å². The molecule has 0 aromatic heterocycles. The summed E-state index contributed by atoms with van der Waals surface area (Å²) in [6.07, 6.45) is -4.54. The second-order valence-electron chi connectivity index (χ2n) is 5.04. The number of hydrogen-bond donors (Lipinski definition) is 2. The van der Waals surface area contributed by atoms with Crippen molar-refractivity contribution in [3.05, 3.63) is 63.1 Å². The van der Waals surface area contributed by atoms with Gasteiger partial charge in [-0.25, -0.2) is 0 Å². The van der Waals surface area contributed by atoms with Crippen molar-refractivity contribution in [2.24, 2.45) is 5.73 Å². The number of carbonyl (C=O) groups excluding carboxylic acids is 2. The third kappa shape index (κ3) is 3.94. The van der Waals surface area contributed by atoms with Crippen molar-refractivity contribution in [2.45, 2.75) is 13.1 Å². The Kier molecular flexibility index (Phi) is 4.98. The zero-order chi connectivity index (χ0) is 18.1. The summed E-state index contributed by atoms with van der Waals surface area (Å²) in [4.78, 5) is 23.6. The molecule has 0 fully saturated rings. The van der Waals surface area contributed by atoms with Gasteiger partial charge in [0.1, 0.15) is 0 Å². The van der Waals surface area contributed by atoms with Crippen LogP contribution in [0.4, 0.5) is 18.9 Å². The van der Waals surface area contributed by atoms with E-state index in [1.54, 1.807) is 13.0 Å². The molecule has 0 spiro atoms. The lowest BCUT2D eigenvalue weighted by Gasteiger charge is -2.12. The van der Waals surface area contributed by atoms with Gasteiger partial charge in [-0.05, 0) is 58.7 Å². The Hall–Kier alpha value is -2.35. The molecule has 2 aromatic rings. The number of halogens is 4. The van der Waals surface area contributed by atoms with Crippen molar-refractivity contribution >= 4 is 33.4 Å². The Morgan fingerprint density at radius 2 is 1.83 bits per heavy atom. The first-order valence-corrected chi connectivity index (χ1v) is 7.47. The number of rotatable bonds is 3. The predicted octanol–water partition coefficient (Wildman–Crippen LogP) is 4.13. The van der Waals surface area contributed by atoms with E-state index in [4.69, 9.17) is 5.73 Å². The highest BCUT2D eigenvalue weighted by Gasteiger charge is 2.30. The number of benzene rings is 2. The van der Waals surface area contributed by atoms with E-state index < -0.39 is 23.6 Å². The van der Waals surface area contributed by atoms with Crippen LogP contribution in [0.25, 0.3) is 0 Å². The van der Waals surface area contributed by atoms with Crippen LogP contribution in [0.1, 0.15) is 31.8 Å². The van der Waals surface area contributed by atoms with Gasteiger partial charge in [0, 0.05) is 15.6 Å². The molecule has 0 atom stereocenters. The van der Waals surface area contributed by atoms with Gasteiger partial charge in [-0.2, -0.15) is 13.2 Å². The van der Waals surface area contributed by atoms with Crippen LogP contribution in [0.3, 0.4) is 0 Å². The Morgan fingerprint density at radius 3 is 2.42 bits per heavy atom. The fourth-order valence-corrected chi connectivity index (χ4v) is 2.62. The molecule has 126 valence electrons. The Bertz CT molecular complexity index is 819. The van der Waals surface area contributed by atoms with Gasteiger partial charge in [-0.3, -0.25) is 9.59 Å². The van der Waals surface area contributed by atoms with Crippen molar-refractivity contribution in [3.8, 4) is 0 Å². The van der Waals surface area contributed by atoms with Gasteiger partial charge in [0.25, 0.3) is 5.91 Å². The van der Waals surface area contributed by atoms with Crippen LogP contribution < -0.4 is 11.1 Å². The SMILES string of the molecule is Cc1cc(Br)c(NC(=O)c2cccc(C(F)(F)F)c2)cc1C(N)=O. The number of primary amides is 1. The van der Waals surface area contributed by atoms with Gasteiger partial charge in [0.05, 0.1) is 11.3 Å². The summed E-state index contributed by atoms with van der Waals surface area (Å²) < 4.78 is 38.6. The van der Waals surface area contributed by atoms with Crippen LogP contribution in [0, 0.1) is 6.92 Å². The van der Waals surface area contributed by atoms with Crippen molar-refractivity contribution in [1.82, 2.24) is 0 Å². The van der Waals surface area contributed by atoms with Crippen LogP contribution in [-0.4, -0.2) is 11.8 Å². The van der Waals surface area contributed by atoms with Crippen molar-refractivity contribution in [1.29, 1.82) is 0 Å². The van der Waals surface area contributed by atoms with Gasteiger partial charge in [0.2, 0.25) is 5.91 Å². The number of aryl methyl sites for hydroxylation is 1. The lowest BCUT2D eigenvalue weighted by Crippen LogP contribution is -2.17. The molecule has 0 saturated carbocycles. The highest BCUT2D eigenvalue weighted by molar-refractivity contribution is 9.10. The van der Waals surface area contributed by atoms with Gasteiger partial charge in [-0.1, -0.05) is 6.07 Å². The van der Waals surface area contributed by atoms with E-state index >= 15 is 0 Å². The third-order valence-corrected chi connectivity index (χ3v) is 3.94. The molecule has 2 amide bonds. The summed E-state index contributed by atoms with van der Waals surface area (Å²) in [5, 5.41) is 2.47. The molecular formula is C16H12BrF3N2O2. The van der Waals surface area contributed by atoms with E-state index in [1.165, 1.54) is 12.1 Å². The minimum absolute atomic E-state index is 0.155. The summed E-state index contributed by atoms with van der Waals surface area (Å²) in [7, 11) is 0. The van der Waals surface area contributed by atoms with E-state index in [1.807, 2.05) is 0 Å². The molecule has 0 heterocycles. The molecule has 0 aliphatic rings. The Balaban J connectivity index is 2.34. The van der Waals surface area contributed by atoms with Gasteiger partial charge in [-0.15, -0.1) is 0 Å². The van der Waals surface area contributed by atoms with Gasteiger partial charge < -0.3 is 11.1 Å². The van der Waals surface area contributed by atoms with E-state index in [-0.39, 0.29) is 16.8 Å². The maximum Gasteiger partial charge on any atom is 0.416 e. The molecule has 0 aliphatic carbocycles. The summed E-state index contributed by atoms with van der Waals surface area (Å²) in [6.45, 7) is 1.67. The lowest BCUT2D eigenvalue weighted by molar-refractivity contribution is -0.137. The molecule has 0 unspecified atom stereocenters. The molecule has 0 radical (unpaired) electrons. The Morgan fingerprint density at radius 1 is 1.17 bits per heavy atom. The molecule has 0 saturated heterocycles. The number of alkyl halides is 3. The first kappa shape index (κ1) is 18.0. The first-order chi connectivity index (χ1) is 11.1. The molecule has 4 nitrogen and oxygen atoms in total. The Labute approximate surface area is 144 Å². The molecular weight excluding hydrogens is 389 g/mol. The maximum atomic E-state index is 12.7. The maximum absolute atomic E-state index is 12.7. The second-order valence-corrected chi connectivity index (χ2v) is 5.90. The average Bonchev–Trinajstić information content (AvgIpc) is 2.48. The normalized spacial score (nSPS) is 11.2. The number of nitrogens with two attached hydrogens (primary N) is 1. The van der Waals surface area contributed by atoms with E-state index in [2.05, 4.69) is 21.2 Å². The average molecular weight is 401 g/mol. The van der Waals surface area contributed by atoms with Crippen molar-refractivity contribution in [2.75, 3.05) is 5.32 Å². The topological polar surface area (TPSA) is 72.2 Å². The number of carbonyl (C=O) groups is 2. The smallest absolute Gasteiger partial charge is 0.366 e. The van der Waals surface area contributed by atoms with Crippen molar-refractivity contribution < 1.29 is 22.8 Å². The van der Waals surface area contributed by atoms with Crippen LogP contribution in [0.5, 0.6) is 0 Å². The number of hydrogen-bond acceptors (Lipinski definition) is 2. The minimum atomic E-state index is -4.54. The third-order valence-electron chi connectivity index (χ3n) is 3.28. The second kappa shape index (κ2) is 6.64. The lowest BCUT2D eigenvalue weighted by atomic mass is 10.1. The fourth-order valence-electron chi connectivity index (χ4n) is 2.07. The zero-order valence-corrected chi connectivity index (χ0v) is 14.0. The van der Waals surface area contributed by atoms with Crippen LogP contribution in [-0.2, 0) is 6.18 Å². The summed E-state index contributed by atoms with van der Waals surface area (Å²) in [5.74, 6) is -1.41. The standard InChI is InChI=1S/C16H12BrF3N2O2/c1-8-5-12(17)13(7-11(8)14(21)23)22-15(24)9-3-2-4-10(6-9)16(18,19)20/h2-7H,1H3,(H2,21,23)(H,22,24). The largest absolute Gasteiger partial charge is 0.416 e. The van der Waals surface area contributed by atoms with Crippen LogP contribution in [0.15, 0.2) is 40.9 Å². The van der Waals surface area contributed by atoms with E-state index in [0.29, 0.717) is 10.0 Å². The fraction of sp³-hybridized carbons (Fsp3) is 0.125. The van der Waals surface area contributed by atoms with E-state index in [9.17, 15) is 22.8 Å². The summed E-state index contributed by atoms with van der Waals surface area (Å²) >= 11 is 3.23. The predicted molar refractivity (Wildman–Crippen MR) is 86.8 cm³/mol. The number of anilines is 1. The molecule has 3 N–H and O–H groups in total. The summed E-state index contributed by atoms with van der Waals surface area (Å²) in [5.41, 5.74) is 5.22. The molecule has 8 heteroatoms. The zero-order valence-electron chi connectivity index (χ0n) is 12.4. The highest BCUT2D eigenvalue weighted by Crippen LogP contribution is 2.30. The molecule has 0 aliphatic heterocycles. The van der Waals surface area contributed by atoms with Gasteiger partial charge >= 0.3 is 6.18 Å². The molecule has 0 bridgehead atoms. The summed E-state index contributed by atoms with van der Waals surface area (Å²) in [6, 6.07) is 7.00. The number of amides is 2. The number of nitrogens with one attached hydrogen (secondary N) is 1. The highest BCUT2D eigenvalue weighted by atomic mass is 79.9. The minimum Gasteiger partial charge on any atom is -0.366 e. The first-order valence-electron chi connectivity index (χ1n) is 6.68. The van der Waals surface area contributed by atoms with Crippen LogP contribution >= 0.6 is 15.9 Å². The van der Waals surface area contributed by atoms with Crippen LogP contribution in [0.2, 0.25) is 0 Å². The molecule has 2 aromatic carbocycles. The van der Waals surface area contributed by atoms with Gasteiger partial charge in [0.15, 0.2) is 0 Å². The van der Waals surface area contributed by atoms with E-state index in [0.717, 1.165) is 18.2 Å². The molecule has 2 rings (SSSR count). The monoisotopic (exact) mass is 400 g/mol. The quantitative estimate of drug-likeness (QED) is 0.812.